The van der Waals surface area contributed by atoms with E-state index in [0.29, 0.717) is 5.56 Å². The number of aldehydes is 1. The van der Waals surface area contributed by atoms with Gasteiger partial charge < -0.3 is 4.79 Å². The van der Waals surface area contributed by atoms with Crippen molar-refractivity contribution in [2.75, 3.05) is 0 Å². The molecule has 0 radical (unpaired) electrons. The maximum absolute atomic E-state index is 8.81. The SMILES string of the molecule is CC=O.N#Cc1ccccc1. The Morgan fingerprint density at radius 1 is 1.36 bits per heavy atom. The molecule has 0 bridgehead atoms. The molecule has 0 spiro atoms. The van der Waals surface area contributed by atoms with Crippen molar-refractivity contribution in [3.05, 3.63) is 35.9 Å². The molecule has 0 unspecified atom stereocenters. The van der Waals surface area contributed by atoms with Crippen LogP contribution < -0.4 is 0 Å². The minimum Gasteiger partial charge on any atom is -0.304 e. The minimum atomic E-state index is 0.715. The van der Waals surface area contributed by atoms with Gasteiger partial charge in [-0.25, -0.2) is 0 Å². The molecule has 1 aromatic rings. The number of hydrogen-bond acceptors (Lipinski definition) is 2. The molecule has 56 valence electrons. The number of hydrogen-bond donors (Lipinski definition) is 0. The van der Waals surface area contributed by atoms with Gasteiger partial charge in [-0.2, -0.15) is 5.26 Å². The lowest BCUT2D eigenvalue weighted by Gasteiger charge is -1.80. The molecule has 2 heteroatoms. The summed E-state index contributed by atoms with van der Waals surface area (Å²) in [5, 5.41) is 8.29. The normalized spacial score (nSPS) is 6.91. The van der Waals surface area contributed by atoms with Gasteiger partial charge in [0.15, 0.2) is 0 Å². The highest BCUT2D eigenvalue weighted by Crippen LogP contribution is 1.92. The summed E-state index contributed by atoms with van der Waals surface area (Å²) in [4.78, 5) is 8.81. The van der Waals surface area contributed by atoms with Crippen molar-refractivity contribution in [2.24, 2.45) is 0 Å². The summed E-state index contributed by atoms with van der Waals surface area (Å²) in [6.45, 7) is 1.44. The summed E-state index contributed by atoms with van der Waals surface area (Å²) in [6.07, 6.45) is 0.750. The maximum atomic E-state index is 8.81. The van der Waals surface area contributed by atoms with Crippen LogP contribution in [0.1, 0.15) is 12.5 Å². The lowest BCUT2D eigenvalue weighted by molar-refractivity contribution is -0.106. The Bertz CT molecular complexity index is 235. The van der Waals surface area contributed by atoms with Crippen LogP contribution in [0.3, 0.4) is 0 Å². The predicted octanol–water partition coefficient (Wildman–Crippen LogP) is 1.76. The summed E-state index contributed by atoms with van der Waals surface area (Å²) in [7, 11) is 0. The first kappa shape index (κ1) is 9.38. The van der Waals surface area contributed by atoms with Crippen molar-refractivity contribution < 1.29 is 4.79 Å². The van der Waals surface area contributed by atoms with Crippen LogP contribution in [0, 0.1) is 11.3 Å². The van der Waals surface area contributed by atoms with E-state index < -0.39 is 0 Å². The first-order valence-electron chi connectivity index (χ1n) is 3.20. The Labute approximate surface area is 66.1 Å². The highest BCUT2D eigenvalue weighted by molar-refractivity contribution is 5.44. The molecule has 0 N–H and O–H groups in total. The van der Waals surface area contributed by atoms with E-state index in [9.17, 15) is 0 Å². The van der Waals surface area contributed by atoms with Crippen molar-refractivity contribution in [3.8, 4) is 6.07 Å². The van der Waals surface area contributed by atoms with Crippen LogP contribution in [-0.4, -0.2) is 6.29 Å². The summed E-state index contributed by atoms with van der Waals surface area (Å²) in [5.41, 5.74) is 0.715. The molecule has 0 saturated heterocycles. The first-order valence-corrected chi connectivity index (χ1v) is 3.20. The third kappa shape index (κ3) is 4.86. The van der Waals surface area contributed by atoms with Crippen molar-refractivity contribution in [1.82, 2.24) is 0 Å². The molecule has 11 heavy (non-hydrogen) atoms. The van der Waals surface area contributed by atoms with Gasteiger partial charge in [-0.15, -0.1) is 0 Å². The number of carbonyl (C=O) groups is 1. The van der Waals surface area contributed by atoms with Gasteiger partial charge in [0.2, 0.25) is 0 Å². The molecule has 2 nitrogen and oxygen atoms in total. The highest BCUT2D eigenvalue weighted by Gasteiger charge is 1.79. The molecule has 0 aliphatic rings. The average molecular weight is 147 g/mol. The van der Waals surface area contributed by atoms with Crippen LogP contribution in [0.15, 0.2) is 30.3 Å². The molecule has 0 aliphatic heterocycles. The second-order valence-electron chi connectivity index (χ2n) is 1.71. The van der Waals surface area contributed by atoms with Crippen molar-refractivity contribution in [3.63, 3.8) is 0 Å². The Hall–Kier alpha value is -1.62. The third-order valence-electron chi connectivity index (χ3n) is 0.903. The maximum Gasteiger partial charge on any atom is 0.116 e. The predicted molar refractivity (Wildman–Crippen MR) is 42.9 cm³/mol. The number of nitriles is 1. The highest BCUT2D eigenvalue weighted by atomic mass is 16.1. The molecule has 0 aliphatic carbocycles. The second-order valence-corrected chi connectivity index (χ2v) is 1.71. The Morgan fingerprint density at radius 2 is 1.82 bits per heavy atom. The zero-order valence-corrected chi connectivity index (χ0v) is 6.32. The standard InChI is InChI=1S/C7H5N.C2H4O/c8-6-7-4-2-1-3-5-7;1-2-3/h1-5H;2H,1H3. The number of carbonyl (C=O) groups excluding carboxylic acids is 1. The summed E-state index contributed by atoms with van der Waals surface area (Å²) >= 11 is 0. The van der Waals surface area contributed by atoms with E-state index in [4.69, 9.17) is 10.1 Å². The Kier molecular flexibility index (Phi) is 5.54. The lowest BCUT2D eigenvalue weighted by atomic mass is 10.2. The van der Waals surface area contributed by atoms with Crippen LogP contribution in [0.5, 0.6) is 0 Å². The monoisotopic (exact) mass is 147 g/mol. The molecule has 0 heterocycles. The van der Waals surface area contributed by atoms with Gasteiger partial charge >= 0.3 is 0 Å². The quantitative estimate of drug-likeness (QED) is 0.524. The fraction of sp³-hybridized carbons (Fsp3) is 0.111. The largest absolute Gasteiger partial charge is 0.304 e. The van der Waals surface area contributed by atoms with E-state index in [1.54, 1.807) is 12.1 Å². The lowest BCUT2D eigenvalue weighted by Crippen LogP contribution is -1.66. The van der Waals surface area contributed by atoms with Crippen LogP contribution >= 0.6 is 0 Å². The molecule has 0 saturated carbocycles. The van der Waals surface area contributed by atoms with Gasteiger partial charge in [0.1, 0.15) is 6.29 Å². The van der Waals surface area contributed by atoms with Crippen molar-refractivity contribution in [1.29, 1.82) is 5.26 Å². The molecule has 0 atom stereocenters. The minimum absolute atomic E-state index is 0.715. The van der Waals surface area contributed by atoms with E-state index in [0.717, 1.165) is 6.29 Å². The zero-order chi connectivity index (χ0) is 8.53. The van der Waals surface area contributed by atoms with E-state index in [1.807, 2.05) is 24.3 Å². The molecule has 0 amide bonds. The van der Waals surface area contributed by atoms with Gasteiger partial charge in [0.25, 0.3) is 0 Å². The Morgan fingerprint density at radius 3 is 2.09 bits per heavy atom. The molecular formula is C9H9NO. The molecule has 1 rings (SSSR count). The van der Waals surface area contributed by atoms with E-state index >= 15 is 0 Å². The molecular weight excluding hydrogens is 138 g/mol. The fourth-order valence-corrected chi connectivity index (χ4v) is 0.513. The van der Waals surface area contributed by atoms with Crippen LogP contribution in [0.25, 0.3) is 0 Å². The second kappa shape index (κ2) is 6.50. The number of benzene rings is 1. The van der Waals surface area contributed by atoms with Crippen molar-refractivity contribution in [2.45, 2.75) is 6.92 Å². The molecule has 0 aromatic heterocycles. The first-order chi connectivity index (χ1) is 5.35. The van der Waals surface area contributed by atoms with E-state index in [-0.39, 0.29) is 0 Å². The molecule has 0 fully saturated rings. The zero-order valence-electron chi connectivity index (χ0n) is 6.32. The van der Waals surface area contributed by atoms with Crippen molar-refractivity contribution >= 4 is 6.29 Å². The van der Waals surface area contributed by atoms with Crippen LogP contribution in [0.4, 0.5) is 0 Å². The van der Waals surface area contributed by atoms with E-state index in [1.165, 1.54) is 6.92 Å². The fourth-order valence-electron chi connectivity index (χ4n) is 0.513. The van der Waals surface area contributed by atoms with Gasteiger partial charge in [-0.05, 0) is 19.1 Å². The topological polar surface area (TPSA) is 40.9 Å². The van der Waals surface area contributed by atoms with Gasteiger partial charge in [-0.3, -0.25) is 0 Å². The van der Waals surface area contributed by atoms with E-state index in [2.05, 4.69) is 0 Å². The Balaban J connectivity index is 0.000000292. The van der Waals surface area contributed by atoms with Gasteiger partial charge in [-0.1, -0.05) is 18.2 Å². The number of nitrogens with zero attached hydrogens (tertiary/aromatic N) is 1. The summed E-state index contributed by atoms with van der Waals surface area (Å²) in [5.74, 6) is 0. The van der Waals surface area contributed by atoms with Gasteiger partial charge in [0, 0.05) is 0 Å². The summed E-state index contributed by atoms with van der Waals surface area (Å²) < 4.78 is 0. The third-order valence-corrected chi connectivity index (χ3v) is 0.903. The smallest absolute Gasteiger partial charge is 0.116 e. The van der Waals surface area contributed by atoms with Crippen LogP contribution in [-0.2, 0) is 4.79 Å². The molecule has 1 aromatic carbocycles. The average Bonchev–Trinajstić information content (AvgIpc) is 2.08. The number of rotatable bonds is 0. The summed E-state index contributed by atoms with van der Waals surface area (Å²) in [6, 6.07) is 11.2. The van der Waals surface area contributed by atoms with Gasteiger partial charge in [0.05, 0.1) is 11.6 Å². The van der Waals surface area contributed by atoms with Crippen LogP contribution in [0.2, 0.25) is 0 Å².